The van der Waals surface area contributed by atoms with E-state index in [1.54, 1.807) is 12.1 Å². The van der Waals surface area contributed by atoms with Crippen LogP contribution in [-0.2, 0) is 0 Å². The Morgan fingerprint density at radius 2 is 2.29 bits per heavy atom. The zero-order valence-corrected chi connectivity index (χ0v) is 9.42. The molecule has 1 N–H and O–H groups in total. The molecule has 0 heterocycles. The van der Waals surface area contributed by atoms with Crippen molar-refractivity contribution in [1.29, 1.82) is 5.26 Å². The molecule has 0 bridgehead atoms. The number of rotatable bonds is 6. The summed E-state index contributed by atoms with van der Waals surface area (Å²) in [6, 6.07) is 7.64. The first-order valence-corrected chi connectivity index (χ1v) is 5.18. The van der Waals surface area contributed by atoms with Crippen molar-refractivity contribution < 1.29 is 9.66 Å². The molecule has 90 valence electrons. The topological polar surface area (TPSA) is 88.2 Å². The fraction of sp³-hybridized carbons (Fsp3) is 0.364. The zero-order valence-electron chi connectivity index (χ0n) is 9.42. The monoisotopic (exact) mass is 235 g/mol. The maximum atomic E-state index is 10.7. The first-order chi connectivity index (χ1) is 8.19. The van der Waals surface area contributed by atoms with Gasteiger partial charge in [-0.25, -0.2) is 0 Å². The molecular formula is C11H13N3O3. The smallest absolute Gasteiger partial charge is 0.310 e. The van der Waals surface area contributed by atoms with Crippen LogP contribution in [0.15, 0.2) is 24.3 Å². The second-order valence-corrected chi connectivity index (χ2v) is 3.28. The van der Waals surface area contributed by atoms with Crippen LogP contribution in [0.4, 0.5) is 5.69 Å². The predicted octanol–water partition coefficient (Wildman–Crippen LogP) is 1.48. The average Bonchev–Trinajstić information content (AvgIpc) is 2.34. The predicted molar refractivity (Wildman–Crippen MR) is 61.7 cm³/mol. The first kappa shape index (κ1) is 12.9. The van der Waals surface area contributed by atoms with Crippen LogP contribution < -0.4 is 10.1 Å². The number of benzene rings is 1. The average molecular weight is 235 g/mol. The van der Waals surface area contributed by atoms with E-state index in [4.69, 9.17) is 10.00 Å². The number of ether oxygens (including phenoxy) is 1. The SMILES string of the molecule is CCNC(C#N)COc1ccccc1[N+](=O)[O-]. The van der Waals surface area contributed by atoms with Crippen LogP contribution in [0.1, 0.15) is 6.92 Å². The van der Waals surface area contributed by atoms with Crippen molar-refractivity contribution in [3.63, 3.8) is 0 Å². The number of hydrogen-bond acceptors (Lipinski definition) is 5. The highest BCUT2D eigenvalue weighted by molar-refractivity contribution is 5.45. The second-order valence-electron chi connectivity index (χ2n) is 3.28. The van der Waals surface area contributed by atoms with Crippen molar-refractivity contribution in [2.45, 2.75) is 13.0 Å². The van der Waals surface area contributed by atoms with Crippen LogP contribution in [0.5, 0.6) is 5.75 Å². The number of nitro groups is 1. The quantitative estimate of drug-likeness (QED) is 0.595. The van der Waals surface area contributed by atoms with Crippen LogP contribution in [-0.4, -0.2) is 24.1 Å². The van der Waals surface area contributed by atoms with Gasteiger partial charge in [-0.2, -0.15) is 5.26 Å². The molecule has 1 aromatic carbocycles. The Bertz CT molecular complexity index is 428. The van der Waals surface area contributed by atoms with E-state index in [1.807, 2.05) is 13.0 Å². The summed E-state index contributed by atoms with van der Waals surface area (Å²) in [6.07, 6.45) is 0. The zero-order chi connectivity index (χ0) is 12.7. The maximum absolute atomic E-state index is 10.7. The number of para-hydroxylation sites is 2. The lowest BCUT2D eigenvalue weighted by Gasteiger charge is -2.11. The van der Waals surface area contributed by atoms with Crippen LogP contribution >= 0.6 is 0 Å². The van der Waals surface area contributed by atoms with Crippen molar-refractivity contribution in [3.8, 4) is 11.8 Å². The number of nitriles is 1. The minimum absolute atomic E-state index is 0.0786. The molecule has 1 aromatic rings. The summed E-state index contributed by atoms with van der Waals surface area (Å²) >= 11 is 0. The van der Waals surface area contributed by atoms with Crippen LogP contribution in [0, 0.1) is 21.4 Å². The second kappa shape index (κ2) is 6.45. The van der Waals surface area contributed by atoms with Gasteiger partial charge >= 0.3 is 5.69 Å². The van der Waals surface area contributed by atoms with E-state index >= 15 is 0 Å². The lowest BCUT2D eigenvalue weighted by molar-refractivity contribution is -0.385. The summed E-state index contributed by atoms with van der Waals surface area (Å²) < 4.78 is 5.28. The summed E-state index contributed by atoms with van der Waals surface area (Å²) in [5.41, 5.74) is -0.0966. The van der Waals surface area contributed by atoms with Gasteiger partial charge in [0.15, 0.2) is 5.75 Å². The minimum Gasteiger partial charge on any atom is -0.484 e. The Kier molecular flexibility index (Phi) is 4.91. The van der Waals surface area contributed by atoms with Crippen molar-refractivity contribution in [1.82, 2.24) is 5.32 Å². The Morgan fingerprint density at radius 3 is 2.88 bits per heavy atom. The number of nitrogens with zero attached hydrogens (tertiary/aromatic N) is 2. The maximum Gasteiger partial charge on any atom is 0.310 e. The molecule has 17 heavy (non-hydrogen) atoms. The normalized spacial score (nSPS) is 11.5. The molecule has 0 aliphatic rings. The number of likely N-dealkylation sites (N-methyl/N-ethyl adjacent to an activating group) is 1. The molecule has 6 nitrogen and oxygen atoms in total. The standard InChI is InChI=1S/C11H13N3O3/c1-2-13-9(7-12)8-17-11-6-4-3-5-10(11)14(15)16/h3-6,9,13H,2,8H2,1H3. The van der Waals surface area contributed by atoms with Crippen molar-refractivity contribution in [2.24, 2.45) is 0 Å². The van der Waals surface area contributed by atoms with Crippen LogP contribution in [0.25, 0.3) is 0 Å². The van der Waals surface area contributed by atoms with Crippen molar-refractivity contribution in [2.75, 3.05) is 13.2 Å². The fourth-order valence-electron chi connectivity index (χ4n) is 1.29. The number of nitrogens with one attached hydrogen (secondary N) is 1. The Morgan fingerprint density at radius 1 is 1.59 bits per heavy atom. The third-order valence-corrected chi connectivity index (χ3v) is 2.07. The van der Waals surface area contributed by atoms with E-state index in [1.165, 1.54) is 12.1 Å². The van der Waals surface area contributed by atoms with E-state index < -0.39 is 11.0 Å². The summed E-state index contributed by atoms with van der Waals surface area (Å²) in [6.45, 7) is 2.59. The lowest BCUT2D eigenvalue weighted by atomic mass is 10.3. The lowest BCUT2D eigenvalue weighted by Crippen LogP contribution is -2.33. The molecule has 0 aromatic heterocycles. The van der Waals surface area contributed by atoms with Crippen molar-refractivity contribution in [3.05, 3.63) is 34.4 Å². The molecule has 1 atom stereocenters. The fourth-order valence-corrected chi connectivity index (χ4v) is 1.29. The van der Waals surface area contributed by atoms with E-state index in [0.29, 0.717) is 6.54 Å². The molecule has 0 fully saturated rings. The van der Waals surface area contributed by atoms with Crippen LogP contribution in [0.2, 0.25) is 0 Å². The van der Waals surface area contributed by atoms with E-state index in [0.717, 1.165) is 0 Å². The first-order valence-electron chi connectivity index (χ1n) is 5.18. The molecule has 0 saturated carbocycles. The van der Waals surface area contributed by atoms with Gasteiger partial charge in [0.25, 0.3) is 0 Å². The van der Waals surface area contributed by atoms with Gasteiger partial charge in [0, 0.05) is 6.07 Å². The molecular weight excluding hydrogens is 222 g/mol. The number of hydrogen-bond donors (Lipinski definition) is 1. The van der Waals surface area contributed by atoms with Gasteiger partial charge in [-0.1, -0.05) is 19.1 Å². The molecule has 0 amide bonds. The van der Waals surface area contributed by atoms with E-state index in [-0.39, 0.29) is 18.0 Å². The molecule has 0 aliphatic heterocycles. The van der Waals surface area contributed by atoms with Crippen molar-refractivity contribution >= 4 is 5.69 Å². The van der Waals surface area contributed by atoms with Crippen LogP contribution in [0.3, 0.4) is 0 Å². The van der Waals surface area contributed by atoms with Gasteiger partial charge in [-0.15, -0.1) is 0 Å². The molecule has 6 heteroatoms. The molecule has 0 spiro atoms. The largest absolute Gasteiger partial charge is 0.484 e. The van der Waals surface area contributed by atoms with Gasteiger partial charge in [-0.3, -0.25) is 15.4 Å². The Labute approximate surface area is 99.0 Å². The highest BCUT2D eigenvalue weighted by Crippen LogP contribution is 2.25. The number of nitro benzene ring substituents is 1. The summed E-state index contributed by atoms with van der Waals surface area (Å²) in [4.78, 5) is 10.2. The summed E-state index contributed by atoms with van der Waals surface area (Å²) in [5.74, 6) is 0.177. The highest BCUT2D eigenvalue weighted by atomic mass is 16.6. The van der Waals surface area contributed by atoms with E-state index in [2.05, 4.69) is 5.32 Å². The third-order valence-electron chi connectivity index (χ3n) is 2.07. The van der Waals surface area contributed by atoms with Gasteiger partial charge in [0.2, 0.25) is 0 Å². The highest BCUT2D eigenvalue weighted by Gasteiger charge is 2.15. The molecule has 0 radical (unpaired) electrons. The summed E-state index contributed by atoms with van der Waals surface area (Å²) in [7, 11) is 0. The molecule has 0 aliphatic carbocycles. The van der Waals surface area contributed by atoms with Gasteiger partial charge < -0.3 is 4.74 Å². The molecule has 1 rings (SSSR count). The van der Waals surface area contributed by atoms with Gasteiger partial charge in [0.1, 0.15) is 12.6 Å². The minimum atomic E-state index is -0.510. The summed E-state index contributed by atoms with van der Waals surface area (Å²) in [5, 5.41) is 22.4. The Hall–Kier alpha value is -2.13. The third kappa shape index (κ3) is 3.74. The Balaban J connectivity index is 2.69. The van der Waals surface area contributed by atoms with E-state index in [9.17, 15) is 10.1 Å². The molecule has 0 saturated heterocycles. The molecule has 1 unspecified atom stereocenters. The van der Waals surface area contributed by atoms with Gasteiger partial charge in [0.05, 0.1) is 11.0 Å². The van der Waals surface area contributed by atoms with Gasteiger partial charge in [-0.05, 0) is 12.6 Å².